The zero-order valence-corrected chi connectivity index (χ0v) is 12.8. The van der Waals surface area contributed by atoms with Crippen molar-refractivity contribution in [3.63, 3.8) is 0 Å². The van der Waals surface area contributed by atoms with Gasteiger partial charge in [0.15, 0.2) is 0 Å². The Hall–Kier alpha value is -0.930. The van der Waals surface area contributed by atoms with Gasteiger partial charge in [0, 0.05) is 31.5 Å². The fourth-order valence-corrected chi connectivity index (χ4v) is 3.32. The highest BCUT2D eigenvalue weighted by Gasteiger charge is 2.28. The lowest BCUT2D eigenvalue weighted by Crippen LogP contribution is -2.43. The molecule has 1 heterocycles. The Labute approximate surface area is 122 Å². The highest BCUT2D eigenvalue weighted by atomic mass is 16.5. The summed E-state index contributed by atoms with van der Waals surface area (Å²) in [5.74, 6) is 0.624. The van der Waals surface area contributed by atoms with Crippen LogP contribution in [0.2, 0.25) is 0 Å². The van der Waals surface area contributed by atoms with Crippen molar-refractivity contribution < 1.29 is 4.74 Å². The third kappa shape index (κ3) is 4.03. The zero-order valence-electron chi connectivity index (χ0n) is 12.8. The summed E-state index contributed by atoms with van der Waals surface area (Å²) >= 11 is 0. The van der Waals surface area contributed by atoms with Gasteiger partial charge in [0.05, 0.1) is 6.10 Å². The van der Waals surface area contributed by atoms with E-state index in [2.05, 4.69) is 24.0 Å². The minimum Gasteiger partial charge on any atom is -0.380 e. The van der Waals surface area contributed by atoms with Crippen LogP contribution in [0.1, 0.15) is 50.3 Å². The Morgan fingerprint density at radius 2 is 2.05 bits per heavy atom. The van der Waals surface area contributed by atoms with E-state index in [1.807, 2.05) is 6.20 Å². The van der Waals surface area contributed by atoms with E-state index in [1.54, 1.807) is 7.11 Å². The van der Waals surface area contributed by atoms with Gasteiger partial charge >= 0.3 is 0 Å². The number of rotatable bonds is 6. The van der Waals surface area contributed by atoms with E-state index in [9.17, 15) is 0 Å². The summed E-state index contributed by atoms with van der Waals surface area (Å²) in [5.41, 5.74) is 8.75. The van der Waals surface area contributed by atoms with E-state index in [4.69, 9.17) is 10.5 Å². The van der Waals surface area contributed by atoms with Crippen molar-refractivity contribution >= 4 is 0 Å². The number of methoxy groups -OCH3 is 1. The molecule has 1 aromatic rings. The predicted octanol–water partition coefficient (Wildman–Crippen LogP) is 3.11. The van der Waals surface area contributed by atoms with Crippen molar-refractivity contribution in [2.45, 2.75) is 64.0 Å². The van der Waals surface area contributed by atoms with E-state index in [1.165, 1.54) is 37.7 Å². The van der Waals surface area contributed by atoms with Gasteiger partial charge in [0.2, 0.25) is 0 Å². The third-order valence-corrected chi connectivity index (χ3v) is 4.55. The lowest BCUT2D eigenvalue weighted by molar-refractivity contribution is 0.0177. The number of nitrogens with zero attached hydrogens (tertiary/aromatic N) is 1. The fourth-order valence-electron chi connectivity index (χ4n) is 3.32. The summed E-state index contributed by atoms with van der Waals surface area (Å²) in [6.45, 7) is 2.15. The van der Waals surface area contributed by atoms with Gasteiger partial charge in [-0.1, -0.05) is 32.3 Å². The monoisotopic (exact) mass is 276 g/mol. The average molecular weight is 276 g/mol. The molecule has 0 spiro atoms. The van der Waals surface area contributed by atoms with Crippen LogP contribution in [0.5, 0.6) is 0 Å². The summed E-state index contributed by atoms with van der Waals surface area (Å²) in [5, 5.41) is 0. The maximum atomic E-state index is 6.40. The highest BCUT2D eigenvalue weighted by molar-refractivity contribution is 5.15. The van der Waals surface area contributed by atoms with Crippen molar-refractivity contribution in [2.75, 3.05) is 7.11 Å². The molecule has 20 heavy (non-hydrogen) atoms. The van der Waals surface area contributed by atoms with Crippen molar-refractivity contribution in [3.8, 4) is 0 Å². The number of pyridine rings is 1. The maximum Gasteiger partial charge on any atom is 0.0754 e. The Kier molecular flexibility index (Phi) is 5.99. The van der Waals surface area contributed by atoms with E-state index in [0.29, 0.717) is 5.92 Å². The van der Waals surface area contributed by atoms with Crippen LogP contribution in [-0.2, 0) is 17.6 Å². The number of aromatic nitrogens is 1. The number of hydrogen-bond acceptors (Lipinski definition) is 3. The largest absolute Gasteiger partial charge is 0.380 e. The van der Waals surface area contributed by atoms with Gasteiger partial charge in [-0.05, 0) is 36.8 Å². The average Bonchev–Trinajstić information content (AvgIpc) is 2.50. The number of nitrogens with two attached hydrogens (primary N) is 1. The summed E-state index contributed by atoms with van der Waals surface area (Å²) in [6.07, 6.45) is 10.5. The summed E-state index contributed by atoms with van der Waals surface area (Å²) < 4.78 is 5.72. The summed E-state index contributed by atoms with van der Waals surface area (Å²) in [7, 11) is 1.80. The molecule has 3 nitrogen and oxygen atoms in total. The minimum atomic E-state index is 0.0445. The SMILES string of the molecule is CCc1ccc(CC(N)C(OC)C2CCCCC2)nc1. The van der Waals surface area contributed by atoms with Crippen LogP contribution in [0.4, 0.5) is 0 Å². The molecule has 1 saturated carbocycles. The molecule has 0 aromatic carbocycles. The van der Waals surface area contributed by atoms with Crippen molar-refractivity contribution in [2.24, 2.45) is 11.7 Å². The van der Waals surface area contributed by atoms with E-state index in [0.717, 1.165) is 18.5 Å². The van der Waals surface area contributed by atoms with Gasteiger partial charge in [0.1, 0.15) is 0 Å². The summed E-state index contributed by atoms with van der Waals surface area (Å²) in [4.78, 5) is 4.52. The van der Waals surface area contributed by atoms with Crippen LogP contribution in [0, 0.1) is 5.92 Å². The van der Waals surface area contributed by atoms with Crippen molar-refractivity contribution in [1.29, 1.82) is 0 Å². The molecule has 2 rings (SSSR count). The van der Waals surface area contributed by atoms with Gasteiger partial charge in [-0.15, -0.1) is 0 Å². The van der Waals surface area contributed by atoms with E-state index >= 15 is 0 Å². The molecule has 1 aliphatic carbocycles. The van der Waals surface area contributed by atoms with Gasteiger partial charge < -0.3 is 10.5 Å². The van der Waals surface area contributed by atoms with Crippen LogP contribution in [0.25, 0.3) is 0 Å². The predicted molar refractivity (Wildman–Crippen MR) is 82.7 cm³/mol. The zero-order chi connectivity index (χ0) is 14.4. The Morgan fingerprint density at radius 1 is 1.30 bits per heavy atom. The molecular weight excluding hydrogens is 248 g/mol. The van der Waals surface area contributed by atoms with E-state index in [-0.39, 0.29) is 12.1 Å². The molecule has 2 unspecified atom stereocenters. The Balaban J connectivity index is 1.95. The standard InChI is InChI=1S/C17H28N2O/c1-3-13-9-10-15(19-12-13)11-16(18)17(20-2)14-7-5-4-6-8-14/h9-10,12,14,16-17H,3-8,11,18H2,1-2H3. The van der Waals surface area contributed by atoms with Crippen molar-refractivity contribution in [1.82, 2.24) is 4.98 Å². The van der Waals surface area contributed by atoms with Gasteiger partial charge in [-0.3, -0.25) is 4.98 Å². The molecule has 2 N–H and O–H groups in total. The lowest BCUT2D eigenvalue weighted by atomic mass is 9.82. The molecule has 1 aliphatic rings. The molecule has 2 atom stereocenters. The second-order valence-corrected chi connectivity index (χ2v) is 5.98. The first-order valence-corrected chi connectivity index (χ1v) is 7.96. The fraction of sp³-hybridized carbons (Fsp3) is 0.706. The smallest absolute Gasteiger partial charge is 0.0754 e. The minimum absolute atomic E-state index is 0.0445. The first-order chi connectivity index (χ1) is 9.74. The van der Waals surface area contributed by atoms with Gasteiger partial charge in [0.25, 0.3) is 0 Å². The van der Waals surface area contributed by atoms with Crippen LogP contribution >= 0.6 is 0 Å². The Morgan fingerprint density at radius 3 is 2.60 bits per heavy atom. The van der Waals surface area contributed by atoms with Crippen LogP contribution in [0.3, 0.4) is 0 Å². The summed E-state index contributed by atoms with van der Waals surface area (Å²) in [6, 6.07) is 4.30. The maximum absolute atomic E-state index is 6.40. The Bertz CT molecular complexity index is 384. The van der Waals surface area contributed by atoms with Crippen LogP contribution in [0.15, 0.2) is 18.3 Å². The molecule has 0 radical (unpaired) electrons. The molecule has 3 heteroatoms. The van der Waals surface area contributed by atoms with Crippen LogP contribution in [-0.4, -0.2) is 24.2 Å². The van der Waals surface area contributed by atoms with E-state index < -0.39 is 0 Å². The normalized spacial score (nSPS) is 19.8. The molecule has 0 aliphatic heterocycles. The molecule has 112 valence electrons. The highest BCUT2D eigenvalue weighted by Crippen LogP contribution is 2.29. The number of aryl methyl sites for hydroxylation is 1. The second kappa shape index (κ2) is 7.75. The quantitative estimate of drug-likeness (QED) is 0.868. The number of ether oxygens (including phenoxy) is 1. The van der Waals surface area contributed by atoms with Gasteiger partial charge in [-0.25, -0.2) is 0 Å². The molecular formula is C17H28N2O. The first kappa shape index (κ1) is 15.5. The van der Waals surface area contributed by atoms with Crippen molar-refractivity contribution in [3.05, 3.63) is 29.6 Å². The molecule has 0 amide bonds. The molecule has 0 saturated heterocycles. The number of hydrogen-bond donors (Lipinski definition) is 1. The molecule has 1 fully saturated rings. The van der Waals surface area contributed by atoms with Crippen LogP contribution < -0.4 is 5.73 Å². The molecule has 0 bridgehead atoms. The second-order valence-electron chi connectivity index (χ2n) is 5.98. The molecule has 1 aromatic heterocycles. The van der Waals surface area contributed by atoms with Gasteiger partial charge in [-0.2, -0.15) is 0 Å². The topological polar surface area (TPSA) is 48.1 Å². The third-order valence-electron chi connectivity index (χ3n) is 4.55. The lowest BCUT2D eigenvalue weighted by Gasteiger charge is -2.33. The first-order valence-electron chi connectivity index (χ1n) is 7.96.